The number of carbonyl (C=O) groups excluding carboxylic acids is 2. The van der Waals surface area contributed by atoms with Gasteiger partial charge in [0.25, 0.3) is 0 Å². The van der Waals surface area contributed by atoms with Crippen LogP contribution in [0.25, 0.3) is 0 Å². The first-order chi connectivity index (χ1) is 10.4. The molecule has 4 heteroatoms. The maximum absolute atomic E-state index is 11.4. The van der Waals surface area contributed by atoms with Gasteiger partial charge in [-0.05, 0) is 25.0 Å². The minimum Gasteiger partial charge on any atom is -0.289 e. The molecule has 0 fully saturated rings. The van der Waals surface area contributed by atoms with E-state index in [-0.39, 0.29) is 11.6 Å². The molecule has 22 heavy (non-hydrogen) atoms. The predicted molar refractivity (Wildman–Crippen MR) is 91.9 cm³/mol. The van der Waals surface area contributed by atoms with Gasteiger partial charge in [0.2, 0.25) is 0 Å². The van der Waals surface area contributed by atoms with Crippen LogP contribution in [0.15, 0.2) is 36.4 Å². The van der Waals surface area contributed by atoms with Crippen LogP contribution in [-0.2, 0) is 10.8 Å². The maximum Gasteiger partial charge on any atom is 0.186 e. The van der Waals surface area contributed by atoms with E-state index in [2.05, 4.69) is 27.7 Å². The Morgan fingerprint density at radius 2 is 1.23 bits per heavy atom. The molecule has 0 spiro atoms. The van der Waals surface area contributed by atoms with Crippen LogP contribution in [0.1, 0.15) is 61.3 Å². The number of allylic oxidation sites excluding steroid dienone is 2. The van der Waals surface area contributed by atoms with E-state index in [1.54, 1.807) is 24.3 Å². The molecule has 1 aliphatic carbocycles. The van der Waals surface area contributed by atoms with Crippen LogP contribution in [0.2, 0.25) is 0 Å². The van der Waals surface area contributed by atoms with Crippen molar-refractivity contribution in [2.24, 2.45) is 0 Å². The molecular formula is C18H24O3S. The van der Waals surface area contributed by atoms with Crippen molar-refractivity contribution in [1.82, 2.24) is 0 Å². The zero-order valence-electron chi connectivity index (χ0n) is 13.7. The molecule has 2 rings (SSSR count). The first kappa shape index (κ1) is 18.5. The number of benzene rings is 1. The van der Waals surface area contributed by atoms with Gasteiger partial charge >= 0.3 is 0 Å². The third kappa shape index (κ3) is 4.73. The second-order valence-corrected chi connectivity index (χ2v) is 7.64. The van der Waals surface area contributed by atoms with E-state index in [0.29, 0.717) is 21.6 Å². The molecule has 2 unspecified atom stereocenters. The summed E-state index contributed by atoms with van der Waals surface area (Å²) in [6.07, 6.45) is 4.67. The Bertz CT molecular complexity index is 541. The highest BCUT2D eigenvalue weighted by Gasteiger charge is 2.17. The second kappa shape index (κ2) is 8.79. The lowest BCUT2D eigenvalue weighted by Gasteiger charge is -2.13. The van der Waals surface area contributed by atoms with Crippen molar-refractivity contribution >= 4 is 22.4 Å². The molecule has 0 saturated carbocycles. The van der Waals surface area contributed by atoms with Gasteiger partial charge in [-0.2, -0.15) is 0 Å². The molecule has 0 amide bonds. The minimum atomic E-state index is -0.610. The summed E-state index contributed by atoms with van der Waals surface area (Å²) >= 11 is 0. The number of hydrogen-bond acceptors (Lipinski definition) is 3. The fourth-order valence-electron chi connectivity index (χ4n) is 1.97. The lowest BCUT2D eigenvalue weighted by atomic mass is 9.95. The summed E-state index contributed by atoms with van der Waals surface area (Å²) in [5.41, 5.74) is 1.01. The van der Waals surface area contributed by atoms with Crippen molar-refractivity contribution in [3.05, 3.63) is 47.5 Å². The summed E-state index contributed by atoms with van der Waals surface area (Å²) < 4.78 is 11.4. The Hall–Kier alpha value is -1.55. The summed E-state index contributed by atoms with van der Waals surface area (Å²) in [6.45, 7) is 8.29. The minimum absolute atomic E-state index is 0.0924. The zero-order chi connectivity index (χ0) is 16.7. The normalized spacial score (nSPS) is 17.1. The number of fused-ring (bicyclic) bond motifs is 1. The van der Waals surface area contributed by atoms with Crippen LogP contribution in [0.5, 0.6) is 0 Å². The smallest absolute Gasteiger partial charge is 0.186 e. The molecule has 1 aromatic rings. The molecule has 1 aromatic carbocycles. The number of rotatable bonds is 4. The second-order valence-electron chi connectivity index (χ2n) is 5.37. The Kier molecular flexibility index (Phi) is 7.39. The molecule has 0 aliphatic heterocycles. The monoisotopic (exact) mass is 320 g/mol. The third-order valence-corrected chi connectivity index (χ3v) is 6.04. The van der Waals surface area contributed by atoms with E-state index < -0.39 is 10.8 Å². The summed E-state index contributed by atoms with van der Waals surface area (Å²) in [6, 6.07) is 6.84. The van der Waals surface area contributed by atoms with Gasteiger partial charge in [-0.25, -0.2) is 0 Å². The van der Waals surface area contributed by atoms with Crippen molar-refractivity contribution in [1.29, 1.82) is 0 Å². The Morgan fingerprint density at radius 1 is 0.864 bits per heavy atom. The molecule has 1 aliphatic rings. The zero-order valence-corrected chi connectivity index (χ0v) is 14.5. The largest absolute Gasteiger partial charge is 0.289 e. The van der Waals surface area contributed by atoms with E-state index in [9.17, 15) is 13.8 Å². The number of ketones is 2. The molecular weight excluding hydrogens is 296 g/mol. The average Bonchev–Trinajstić information content (AvgIpc) is 2.57. The van der Waals surface area contributed by atoms with Crippen LogP contribution < -0.4 is 0 Å². The van der Waals surface area contributed by atoms with Gasteiger partial charge in [0.05, 0.1) is 0 Å². The molecule has 120 valence electrons. The highest BCUT2D eigenvalue weighted by molar-refractivity contribution is 7.86. The summed E-state index contributed by atoms with van der Waals surface area (Å²) in [4.78, 5) is 22.4. The quantitative estimate of drug-likeness (QED) is 0.844. The Balaban J connectivity index is 0.000000225. The maximum atomic E-state index is 11.4. The molecule has 0 radical (unpaired) electrons. The molecule has 0 heterocycles. The lowest BCUT2D eigenvalue weighted by molar-refractivity contribution is 0.0994. The first-order valence-corrected chi connectivity index (χ1v) is 8.95. The highest BCUT2D eigenvalue weighted by Crippen LogP contribution is 2.15. The molecule has 2 atom stereocenters. The summed E-state index contributed by atoms with van der Waals surface area (Å²) in [5, 5.41) is 0.741. The van der Waals surface area contributed by atoms with Gasteiger partial charge in [0.15, 0.2) is 11.6 Å². The first-order valence-electron chi connectivity index (χ1n) is 7.67. The van der Waals surface area contributed by atoms with Gasteiger partial charge in [-0.3, -0.25) is 13.8 Å². The van der Waals surface area contributed by atoms with Gasteiger partial charge in [-0.1, -0.05) is 52.0 Å². The van der Waals surface area contributed by atoms with Crippen LogP contribution in [0.3, 0.4) is 0 Å². The molecule has 0 aromatic heterocycles. The number of carbonyl (C=O) groups is 2. The molecule has 0 bridgehead atoms. The third-order valence-electron chi connectivity index (χ3n) is 3.79. The summed E-state index contributed by atoms with van der Waals surface area (Å²) in [5.74, 6) is -0.185. The van der Waals surface area contributed by atoms with E-state index in [4.69, 9.17) is 0 Å². The van der Waals surface area contributed by atoms with Gasteiger partial charge < -0.3 is 0 Å². The van der Waals surface area contributed by atoms with Crippen molar-refractivity contribution in [2.75, 3.05) is 0 Å². The topological polar surface area (TPSA) is 51.2 Å². The van der Waals surface area contributed by atoms with E-state index in [1.807, 2.05) is 0 Å². The van der Waals surface area contributed by atoms with Gasteiger partial charge in [-0.15, -0.1) is 0 Å². The Morgan fingerprint density at radius 3 is 1.55 bits per heavy atom. The van der Waals surface area contributed by atoms with Gasteiger partial charge in [0.1, 0.15) is 0 Å². The van der Waals surface area contributed by atoms with Crippen molar-refractivity contribution < 1.29 is 13.8 Å². The molecule has 0 saturated heterocycles. The average molecular weight is 320 g/mol. The fraction of sp³-hybridized carbons (Fsp3) is 0.444. The van der Waals surface area contributed by atoms with Crippen LogP contribution in [0.4, 0.5) is 0 Å². The predicted octanol–water partition coefficient (Wildman–Crippen LogP) is 3.95. The molecule has 3 nitrogen and oxygen atoms in total. The summed E-state index contributed by atoms with van der Waals surface area (Å²) in [7, 11) is -0.610. The van der Waals surface area contributed by atoms with Crippen LogP contribution in [-0.4, -0.2) is 26.3 Å². The van der Waals surface area contributed by atoms with E-state index >= 15 is 0 Å². The van der Waals surface area contributed by atoms with E-state index in [1.165, 1.54) is 12.2 Å². The number of hydrogen-bond donors (Lipinski definition) is 0. The van der Waals surface area contributed by atoms with Crippen molar-refractivity contribution in [3.63, 3.8) is 0 Å². The van der Waals surface area contributed by atoms with Crippen LogP contribution >= 0.6 is 0 Å². The standard InChI is InChI=1S/C10H6O2.C8H18OS/c11-9-5-6-10(12)8-4-2-1-3-7(8)9;1-5-7(3)10(9)8(4)6-2/h1-6H;7-8H,5-6H2,1-4H3. The SMILES string of the molecule is CCC(C)S(=O)C(C)CC.O=C1C=CC(=O)c2ccccc21. The molecule has 0 N–H and O–H groups in total. The lowest BCUT2D eigenvalue weighted by Crippen LogP contribution is -2.19. The fourth-order valence-corrected chi connectivity index (χ4v) is 3.42. The highest BCUT2D eigenvalue weighted by atomic mass is 32.2. The van der Waals surface area contributed by atoms with Gasteiger partial charge in [0, 0.05) is 32.4 Å². The van der Waals surface area contributed by atoms with Crippen molar-refractivity contribution in [2.45, 2.75) is 51.0 Å². The van der Waals surface area contributed by atoms with Crippen LogP contribution in [0, 0.1) is 0 Å². The Labute approximate surface area is 135 Å². The van der Waals surface area contributed by atoms with E-state index in [0.717, 1.165) is 12.8 Å². The van der Waals surface area contributed by atoms with Crippen molar-refractivity contribution in [3.8, 4) is 0 Å².